The van der Waals surface area contributed by atoms with Gasteiger partial charge in [0.05, 0.1) is 18.8 Å². The summed E-state index contributed by atoms with van der Waals surface area (Å²) in [4.78, 5) is 42.1. The molecule has 7 nitrogen and oxygen atoms in total. The molecule has 0 aliphatic carbocycles. The topological polar surface area (TPSA) is 84.3 Å². The zero-order valence-electron chi connectivity index (χ0n) is 13.8. The number of aryl methyl sites for hydroxylation is 1. The number of carbonyl (C=O) groups excluding carboxylic acids is 2. The number of nitrogens with zero attached hydrogens (tertiary/aromatic N) is 3. The fourth-order valence-electron chi connectivity index (χ4n) is 3.01. The lowest BCUT2D eigenvalue weighted by Crippen LogP contribution is -2.37. The zero-order valence-corrected chi connectivity index (χ0v) is 13.8. The predicted octanol–water partition coefficient (Wildman–Crippen LogP) is 0.723. The molecule has 0 radical (unpaired) electrons. The van der Waals surface area contributed by atoms with E-state index in [0.29, 0.717) is 13.1 Å². The van der Waals surface area contributed by atoms with Crippen LogP contribution in [0.3, 0.4) is 0 Å². The first kappa shape index (κ1) is 16.9. The van der Waals surface area contributed by atoms with Crippen LogP contribution in [-0.4, -0.2) is 39.4 Å². The molecule has 1 saturated heterocycles. The third-order valence-electron chi connectivity index (χ3n) is 4.29. The molecule has 7 heteroatoms. The van der Waals surface area contributed by atoms with E-state index in [1.54, 1.807) is 4.90 Å². The highest BCUT2D eigenvalue weighted by molar-refractivity contribution is 5.81. The monoisotopic (exact) mass is 340 g/mol. The highest BCUT2D eigenvalue weighted by Gasteiger charge is 2.29. The molecule has 25 heavy (non-hydrogen) atoms. The predicted molar refractivity (Wildman–Crippen MR) is 91.6 cm³/mol. The highest BCUT2D eigenvalue weighted by Crippen LogP contribution is 2.26. The Hall–Kier alpha value is -2.96. The average Bonchev–Trinajstić information content (AvgIpc) is 2.83. The van der Waals surface area contributed by atoms with Gasteiger partial charge >= 0.3 is 0 Å². The molecule has 1 aliphatic heterocycles. The highest BCUT2D eigenvalue weighted by atomic mass is 16.2. The summed E-state index contributed by atoms with van der Waals surface area (Å²) in [6.07, 6.45) is 3.28. The molecule has 1 atom stereocenters. The fraction of sp³-hybridized carbons (Fsp3) is 0.333. The summed E-state index contributed by atoms with van der Waals surface area (Å²) in [5.74, 6) is -0.145. The molecule has 1 aliphatic rings. The van der Waals surface area contributed by atoms with Crippen molar-refractivity contribution < 1.29 is 9.59 Å². The second-order valence-electron chi connectivity index (χ2n) is 5.93. The van der Waals surface area contributed by atoms with Crippen molar-refractivity contribution >= 4 is 11.8 Å². The molecule has 1 N–H and O–H groups in total. The molecule has 0 bridgehead atoms. The lowest BCUT2D eigenvalue weighted by Gasteiger charge is -2.29. The Morgan fingerprint density at radius 3 is 2.76 bits per heavy atom. The minimum absolute atomic E-state index is 0.0624. The summed E-state index contributed by atoms with van der Waals surface area (Å²) >= 11 is 0. The van der Waals surface area contributed by atoms with Gasteiger partial charge in [-0.1, -0.05) is 30.3 Å². The van der Waals surface area contributed by atoms with Gasteiger partial charge in [-0.3, -0.25) is 19.0 Å². The van der Waals surface area contributed by atoms with Crippen LogP contribution in [0.25, 0.3) is 0 Å². The summed E-state index contributed by atoms with van der Waals surface area (Å²) in [6, 6.07) is 10.6. The molecule has 0 saturated carbocycles. The molecular formula is C18H20N4O3. The fourth-order valence-corrected chi connectivity index (χ4v) is 3.01. The van der Waals surface area contributed by atoms with Crippen LogP contribution in [-0.2, 0) is 16.1 Å². The smallest absolute Gasteiger partial charge is 0.253 e. The van der Waals surface area contributed by atoms with Gasteiger partial charge in [-0.25, -0.2) is 4.98 Å². The van der Waals surface area contributed by atoms with Crippen LogP contribution >= 0.6 is 0 Å². The Kier molecular flexibility index (Phi) is 5.23. The van der Waals surface area contributed by atoms with E-state index in [0.717, 1.165) is 5.56 Å². The number of hydrogen-bond donors (Lipinski definition) is 1. The molecule has 1 fully saturated rings. The van der Waals surface area contributed by atoms with Gasteiger partial charge in [0.2, 0.25) is 11.8 Å². The standard InChI is InChI=1S/C18H20N4O3/c23-16-12-15(14-4-2-1-3-5-14)22(11-9-20-16)18(25)7-10-21-13-19-8-6-17(21)24/h1-6,8,13,15H,7,9-12H2,(H,20,23). The van der Waals surface area contributed by atoms with Crippen molar-refractivity contribution in [3.05, 3.63) is 64.8 Å². The number of carbonyl (C=O) groups is 2. The molecule has 130 valence electrons. The lowest BCUT2D eigenvalue weighted by atomic mass is 10.0. The van der Waals surface area contributed by atoms with Gasteiger partial charge in [0.25, 0.3) is 5.56 Å². The van der Waals surface area contributed by atoms with Gasteiger partial charge in [0.1, 0.15) is 0 Å². The van der Waals surface area contributed by atoms with E-state index in [4.69, 9.17) is 0 Å². The van der Waals surface area contributed by atoms with Gasteiger partial charge in [0.15, 0.2) is 0 Å². The summed E-state index contributed by atoms with van der Waals surface area (Å²) in [6.45, 7) is 1.15. The number of aromatic nitrogens is 2. The maximum absolute atomic E-state index is 12.8. The van der Waals surface area contributed by atoms with E-state index in [1.165, 1.54) is 23.2 Å². The van der Waals surface area contributed by atoms with Gasteiger partial charge in [-0.2, -0.15) is 0 Å². The van der Waals surface area contributed by atoms with E-state index in [2.05, 4.69) is 10.3 Å². The van der Waals surface area contributed by atoms with Crippen LogP contribution in [0.1, 0.15) is 24.4 Å². The largest absolute Gasteiger partial charge is 0.354 e. The first-order valence-corrected chi connectivity index (χ1v) is 8.27. The SMILES string of the molecule is O=C1CC(c2ccccc2)N(C(=O)CCn2cnccc2=O)CCN1. The van der Waals surface area contributed by atoms with Gasteiger partial charge in [0, 0.05) is 38.3 Å². The first-order valence-electron chi connectivity index (χ1n) is 8.27. The molecule has 2 amide bonds. The molecular weight excluding hydrogens is 320 g/mol. The van der Waals surface area contributed by atoms with Crippen LogP contribution < -0.4 is 10.9 Å². The van der Waals surface area contributed by atoms with Crippen LogP contribution in [0.15, 0.2) is 53.7 Å². The summed E-state index contributed by atoms with van der Waals surface area (Å²) < 4.78 is 1.41. The number of benzene rings is 1. The molecule has 1 aromatic heterocycles. The third-order valence-corrected chi connectivity index (χ3v) is 4.29. The Balaban J connectivity index is 1.77. The number of nitrogens with one attached hydrogen (secondary N) is 1. The van der Waals surface area contributed by atoms with Crippen molar-refractivity contribution in [2.24, 2.45) is 0 Å². The van der Waals surface area contributed by atoms with E-state index >= 15 is 0 Å². The van der Waals surface area contributed by atoms with Crippen molar-refractivity contribution in [3.8, 4) is 0 Å². The Morgan fingerprint density at radius 2 is 2.00 bits per heavy atom. The minimum Gasteiger partial charge on any atom is -0.354 e. The van der Waals surface area contributed by atoms with E-state index < -0.39 is 0 Å². The van der Waals surface area contributed by atoms with Gasteiger partial charge in [-0.05, 0) is 5.56 Å². The van der Waals surface area contributed by atoms with Crippen molar-refractivity contribution in [2.45, 2.75) is 25.4 Å². The van der Waals surface area contributed by atoms with E-state index in [-0.39, 0.29) is 42.8 Å². The van der Waals surface area contributed by atoms with Crippen molar-refractivity contribution in [2.75, 3.05) is 13.1 Å². The summed E-state index contributed by atoms with van der Waals surface area (Å²) in [5.41, 5.74) is 0.751. The molecule has 2 heterocycles. The molecule has 1 unspecified atom stereocenters. The molecule has 0 spiro atoms. The second kappa shape index (κ2) is 7.74. The number of amides is 2. The molecule has 1 aromatic carbocycles. The first-order chi connectivity index (χ1) is 12.1. The lowest BCUT2D eigenvalue weighted by molar-refractivity contribution is -0.134. The minimum atomic E-state index is -0.290. The van der Waals surface area contributed by atoms with Crippen LogP contribution in [0.4, 0.5) is 0 Å². The molecule has 3 rings (SSSR count). The normalized spacial score (nSPS) is 17.7. The summed E-state index contributed by atoms with van der Waals surface area (Å²) in [5, 5.41) is 2.81. The third kappa shape index (κ3) is 4.12. The van der Waals surface area contributed by atoms with Crippen molar-refractivity contribution in [1.82, 2.24) is 19.8 Å². The number of hydrogen-bond acceptors (Lipinski definition) is 4. The average molecular weight is 340 g/mol. The van der Waals surface area contributed by atoms with E-state index in [9.17, 15) is 14.4 Å². The van der Waals surface area contributed by atoms with Crippen LogP contribution in [0, 0.1) is 0 Å². The Bertz CT molecular complexity index is 803. The number of rotatable bonds is 4. The zero-order chi connectivity index (χ0) is 17.6. The van der Waals surface area contributed by atoms with Gasteiger partial charge in [-0.15, -0.1) is 0 Å². The quantitative estimate of drug-likeness (QED) is 0.889. The Morgan fingerprint density at radius 1 is 1.20 bits per heavy atom. The van der Waals surface area contributed by atoms with Crippen molar-refractivity contribution in [3.63, 3.8) is 0 Å². The van der Waals surface area contributed by atoms with Crippen LogP contribution in [0.2, 0.25) is 0 Å². The maximum Gasteiger partial charge on any atom is 0.253 e. The molecule has 2 aromatic rings. The summed E-state index contributed by atoms with van der Waals surface area (Å²) in [7, 11) is 0. The maximum atomic E-state index is 12.8. The van der Waals surface area contributed by atoms with Gasteiger partial charge < -0.3 is 10.2 Å². The van der Waals surface area contributed by atoms with E-state index in [1.807, 2.05) is 30.3 Å². The van der Waals surface area contributed by atoms with Crippen molar-refractivity contribution in [1.29, 1.82) is 0 Å². The van der Waals surface area contributed by atoms with Crippen LogP contribution in [0.5, 0.6) is 0 Å². The second-order valence-corrected chi connectivity index (χ2v) is 5.93. The Labute approximate surface area is 145 Å².